The van der Waals surface area contributed by atoms with Crippen molar-refractivity contribution in [3.8, 4) is 12.1 Å². The highest BCUT2D eigenvalue weighted by Gasteiger charge is 2.34. The molecule has 2 aromatic rings. The molecule has 0 aliphatic heterocycles. The molecule has 0 aliphatic carbocycles. The van der Waals surface area contributed by atoms with Crippen LogP contribution in [-0.2, 0) is 22.7 Å². The van der Waals surface area contributed by atoms with Crippen LogP contribution in [0.25, 0.3) is 12.2 Å². The number of hydrogen-bond acceptors (Lipinski definition) is 5. The lowest BCUT2D eigenvalue weighted by molar-refractivity contribution is -0.131. The first-order chi connectivity index (χ1) is 28.1. The number of nitrogens with zero attached hydrogens (tertiary/aromatic N) is 2. The second kappa shape index (κ2) is 31.2. The Kier molecular flexibility index (Phi) is 28.7. The molecule has 0 fully saturated rings. The van der Waals surface area contributed by atoms with Crippen LogP contribution >= 0.6 is 11.6 Å². The molecule has 6 nitrogen and oxygen atoms in total. The fourth-order valence-electron chi connectivity index (χ4n) is 5.88. The largest absolute Gasteiger partial charge is 0.352 e. The number of amides is 1. The second-order valence-corrected chi connectivity index (χ2v) is 16.3. The van der Waals surface area contributed by atoms with Gasteiger partial charge in [0.25, 0.3) is 0 Å². The van der Waals surface area contributed by atoms with E-state index in [1.165, 1.54) is 0 Å². The maximum Gasteiger partial charge on any atom is 0.227 e. The molecule has 0 saturated heterocycles. The SMILES string of the molecule is C=CC(C)CCC=CCC(C#N)CC(C)(CC)C(=O)Cl.C=Cc1ccc(CN)cc1.C=Cc1ccc(CNC(=O)C(C)(CC)CC(C#N)CC=CCCC(C)C=C)cc1. The van der Waals surface area contributed by atoms with Crippen molar-refractivity contribution in [2.24, 2.45) is 40.2 Å². The van der Waals surface area contributed by atoms with Crippen molar-refractivity contribution in [3.63, 3.8) is 0 Å². The molecule has 0 radical (unpaired) electrons. The van der Waals surface area contributed by atoms with Crippen LogP contribution in [0.2, 0.25) is 0 Å². The Bertz CT molecular complexity index is 1700. The minimum Gasteiger partial charge on any atom is -0.352 e. The van der Waals surface area contributed by atoms with E-state index in [0.29, 0.717) is 63.5 Å². The first kappa shape index (κ1) is 54.2. The van der Waals surface area contributed by atoms with E-state index in [9.17, 15) is 20.1 Å². The molecule has 0 aromatic heterocycles. The van der Waals surface area contributed by atoms with E-state index in [-0.39, 0.29) is 23.0 Å². The number of benzene rings is 2. The number of nitrogens with one attached hydrogen (secondary N) is 1. The molecule has 6 atom stereocenters. The molecule has 320 valence electrons. The average molecular weight is 822 g/mol. The number of carbonyl (C=O) groups excluding carboxylic acids is 2. The summed E-state index contributed by atoms with van der Waals surface area (Å²) in [4.78, 5) is 24.3. The van der Waals surface area contributed by atoms with Gasteiger partial charge in [0.2, 0.25) is 11.1 Å². The minimum absolute atomic E-state index is 0.0110. The van der Waals surface area contributed by atoms with Gasteiger partial charge in [-0.25, -0.2) is 0 Å². The summed E-state index contributed by atoms with van der Waals surface area (Å²) in [5.74, 6) is 0.716. The molecule has 2 aromatic carbocycles. The Labute approximate surface area is 363 Å². The normalized spacial score (nSPS) is 14.8. The van der Waals surface area contributed by atoms with E-state index in [0.717, 1.165) is 47.9 Å². The summed E-state index contributed by atoms with van der Waals surface area (Å²) in [5, 5.41) is 21.5. The highest BCUT2D eigenvalue weighted by Crippen LogP contribution is 2.34. The van der Waals surface area contributed by atoms with E-state index < -0.39 is 10.8 Å². The van der Waals surface area contributed by atoms with Gasteiger partial charge in [0.15, 0.2) is 0 Å². The predicted octanol–water partition coefficient (Wildman–Crippen LogP) is 13.5. The number of nitrogens with two attached hydrogens (primary N) is 1. The van der Waals surface area contributed by atoms with Crippen molar-refractivity contribution in [1.82, 2.24) is 5.32 Å². The summed E-state index contributed by atoms with van der Waals surface area (Å²) in [6, 6.07) is 20.7. The molecule has 1 amide bonds. The van der Waals surface area contributed by atoms with Crippen LogP contribution in [0.4, 0.5) is 0 Å². The van der Waals surface area contributed by atoms with Gasteiger partial charge in [-0.3, -0.25) is 9.59 Å². The first-order valence-electron chi connectivity index (χ1n) is 21.1. The third-order valence-corrected chi connectivity index (χ3v) is 11.5. The van der Waals surface area contributed by atoms with E-state index in [4.69, 9.17) is 17.3 Å². The first-order valence-corrected chi connectivity index (χ1v) is 21.5. The van der Waals surface area contributed by atoms with Gasteiger partial charge in [-0.2, -0.15) is 10.5 Å². The number of halogens is 1. The van der Waals surface area contributed by atoms with Crippen LogP contribution < -0.4 is 11.1 Å². The molecule has 59 heavy (non-hydrogen) atoms. The van der Waals surface area contributed by atoms with Gasteiger partial charge in [-0.05, 0) is 110 Å². The summed E-state index contributed by atoms with van der Waals surface area (Å²) >= 11 is 5.65. The van der Waals surface area contributed by atoms with E-state index in [1.807, 2.05) is 101 Å². The number of rotatable bonds is 25. The maximum absolute atomic E-state index is 12.9. The zero-order valence-corrected chi connectivity index (χ0v) is 37.8. The van der Waals surface area contributed by atoms with Crippen LogP contribution in [-0.4, -0.2) is 11.1 Å². The summed E-state index contributed by atoms with van der Waals surface area (Å²) in [5.41, 5.74) is 8.68. The van der Waals surface area contributed by atoms with Gasteiger partial charge < -0.3 is 11.1 Å². The summed E-state index contributed by atoms with van der Waals surface area (Å²) in [6.07, 6.45) is 23.8. The monoisotopic (exact) mass is 821 g/mol. The van der Waals surface area contributed by atoms with Crippen LogP contribution in [0.1, 0.15) is 128 Å². The smallest absolute Gasteiger partial charge is 0.227 e. The highest BCUT2D eigenvalue weighted by molar-refractivity contribution is 6.64. The lowest BCUT2D eigenvalue weighted by atomic mass is 9.77. The molecule has 2 rings (SSSR count). The highest BCUT2D eigenvalue weighted by atomic mass is 35.5. The van der Waals surface area contributed by atoms with E-state index >= 15 is 0 Å². The van der Waals surface area contributed by atoms with Crippen LogP contribution in [0.3, 0.4) is 0 Å². The lowest BCUT2D eigenvalue weighted by Crippen LogP contribution is -2.39. The van der Waals surface area contributed by atoms with Crippen molar-refractivity contribution in [2.45, 2.75) is 119 Å². The van der Waals surface area contributed by atoms with Crippen LogP contribution in [0, 0.1) is 57.2 Å². The van der Waals surface area contributed by atoms with Crippen molar-refractivity contribution in [2.75, 3.05) is 0 Å². The molecular weight excluding hydrogens is 748 g/mol. The number of carbonyl (C=O) groups is 2. The summed E-state index contributed by atoms with van der Waals surface area (Å²) < 4.78 is 0. The quantitative estimate of drug-likeness (QED) is 0.0763. The molecule has 0 spiro atoms. The van der Waals surface area contributed by atoms with Gasteiger partial charge in [0.05, 0.1) is 24.0 Å². The van der Waals surface area contributed by atoms with Crippen molar-refractivity contribution in [3.05, 3.63) is 134 Å². The summed E-state index contributed by atoms with van der Waals surface area (Å²) in [6.45, 7) is 28.1. The van der Waals surface area contributed by atoms with Crippen molar-refractivity contribution >= 4 is 34.9 Å². The van der Waals surface area contributed by atoms with E-state index in [1.54, 1.807) is 6.08 Å². The lowest BCUT2D eigenvalue weighted by Gasteiger charge is -2.28. The maximum atomic E-state index is 12.9. The van der Waals surface area contributed by atoms with Crippen molar-refractivity contribution in [1.29, 1.82) is 10.5 Å². The fourth-order valence-corrected chi connectivity index (χ4v) is 6.09. The Hall–Kier alpha value is -4.75. The van der Waals surface area contributed by atoms with Crippen LogP contribution in [0.5, 0.6) is 0 Å². The van der Waals surface area contributed by atoms with Gasteiger partial charge in [-0.15, -0.1) is 13.2 Å². The Morgan fingerprint density at radius 2 is 1.14 bits per heavy atom. The Morgan fingerprint density at radius 3 is 1.47 bits per heavy atom. The van der Waals surface area contributed by atoms with Gasteiger partial charge in [0, 0.05) is 23.9 Å². The average Bonchev–Trinajstić information content (AvgIpc) is 3.27. The zero-order chi connectivity index (χ0) is 44.7. The molecule has 3 N–H and O–H groups in total. The number of allylic oxidation sites excluding steroid dienone is 6. The van der Waals surface area contributed by atoms with Gasteiger partial charge >= 0.3 is 0 Å². The minimum atomic E-state index is -0.590. The third kappa shape index (κ3) is 22.8. The summed E-state index contributed by atoms with van der Waals surface area (Å²) in [7, 11) is 0. The fraction of sp³-hybridized carbons (Fsp3) is 0.462. The number of hydrogen-bond donors (Lipinski definition) is 2. The molecule has 7 heteroatoms. The molecule has 6 unspecified atom stereocenters. The third-order valence-electron chi connectivity index (χ3n) is 11.0. The molecule has 0 bridgehead atoms. The van der Waals surface area contributed by atoms with Gasteiger partial charge in [0.1, 0.15) is 0 Å². The van der Waals surface area contributed by atoms with Crippen LogP contribution in [0.15, 0.2) is 111 Å². The Balaban J connectivity index is 0.000000962. The standard InChI is InChI=1S/C26H36N2O.C17H26ClNO.C9H11N/c1-6-21(4)12-10-9-11-13-24(19-27)18-26(5,8-3)25(29)28-20-23-16-14-22(7-2)15-17-23;1-5-14(3)10-8-7-9-11-15(13-19)12-17(4,6-2)16(18)20;1-2-8-3-5-9(7-10)6-4-8/h6-7,9,11,14-17,21,24H,1-2,8,10,12-13,18,20H2,3-5H3,(H,28,29);5,7,9,14-15H,1,6,8,10-12H2,2-4H3;2-6H,1,7,10H2. The van der Waals surface area contributed by atoms with Gasteiger partial charge in [-0.1, -0.05) is 152 Å². The van der Waals surface area contributed by atoms with E-state index in [2.05, 4.69) is 75.8 Å². The topological polar surface area (TPSA) is 120 Å². The van der Waals surface area contributed by atoms with Crippen molar-refractivity contribution < 1.29 is 9.59 Å². The number of nitriles is 2. The molecule has 0 aliphatic rings. The molecule has 0 heterocycles. The molecule has 0 saturated carbocycles. The second-order valence-electron chi connectivity index (χ2n) is 15.9. The zero-order valence-electron chi connectivity index (χ0n) is 37.0. The molecular formula is C52H73ClN4O2. The predicted molar refractivity (Wildman–Crippen MR) is 253 cm³/mol. The Morgan fingerprint density at radius 1 is 0.729 bits per heavy atom.